The van der Waals surface area contributed by atoms with Gasteiger partial charge in [-0.05, 0) is 0 Å². The van der Waals surface area contributed by atoms with E-state index in [0.29, 0.717) is 46.2 Å². The van der Waals surface area contributed by atoms with Crippen molar-refractivity contribution in [1.29, 1.82) is 0 Å². The molecule has 0 radical (unpaired) electrons. The van der Waals surface area contributed by atoms with Crippen LogP contribution >= 0.6 is 0 Å². The van der Waals surface area contributed by atoms with Gasteiger partial charge < -0.3 is 26.6 Å². The highest BCUT2D eigenvalue weighted by molar-refractivity contribution is 7.05. The quantitative estimate of drug-likeness (QED) is 0.0776. The molecule has 1 unspecified atom stereocenters. The van der Waals surface area contributed by atoms with Crippen LogP contribution in [0, 0.1) is 0 Å². The Bertz CT molecular complexity index is 1680. The van der Waals surface area contributed by atoms with Crippen LogP contribution in [-0.2, 0) is 50.2 Å². The second-order valence-electron chi connectivity index (χ2n) is 17.2. The molecule has 1 rings (SSSR count). The van der Waals surface area contributed by atoms with Gasteiger partial charge >= 0.3 is 53.1 Å². The molecule has 1 aromatic rings. The van der Waals surface area contributed by atoms with Gasteiger partial charge in [0.25, 0.3) is 0 Å². The molecule has 0 fully saturated rings. The molecule has 1 atom stereocenters. The van der Waals surface area contributed by atoms with E-state index in [4.69, 9.17) is 26.6 Å². The summed E-state index contributed by atoms with van der Waals surface area (Å²) in [6, 6.07) is 2.23. The van der Waals surface area contributed by atoms with Gasteiger partial charge in [0.1, 0.15) is 6.54 Å². The lowest BCUT2D eigenvalue weighted by atomic mass is 10.3. The van der Waals surface area contributed by atoms with Crippen molar-refractivity contribution in [3.63, 3.8) is 0 Å². The molecular weight excluding hydrogens is 900 g/mol. The minimum atomic E-state index is -6.36. The molecule has 0 amide bonds. The van der Waals surface area contributed by atoms with E-state index in [1.165, 1.54) is 42.7 Å². The van der Waals surface area contributed by atoms with E-state index in [9.17, 15) is 40.7 Å². The maximum Gasteiger partial charge on any atom is 0.525 e. The molecule has 0 aliphatic rings. The van der Waals surface area contributed by atoms with Gasteiger partial charge in [0.2, 0.25) is 0 Å². The smallest absolute Gasteiger partial charge is 0.377 e. The standard InChI is InChI=1S/C33H64F7N3O10Si6/c1-26(54(9,10)19-17-21-58(47-3,48-4)49-5)56(13,14)24-42-28(44)41(23-31(34,32(35,36)37)53-33(38,39)40)29(45)43(30(42)46)25-57(15,16)27(2)55(11,12)20-18-22-59(50-6,51-7)52-8/h1-2,17-25H2,3-16H3. The Hall–Kier alpha value is -1.58. The average Bonchev–Trinajstić information content (AvgIpc) is 3.12. The second kappa shape index (κ2) is 20.3. The third-order valence-electron chi connectivity index (χ3n) is 11.3. The van der Waals surface area contributed by atoms with Crippen molar-refractivity contribution in [3.05, 3.63) is 54.3 Å². The number of rotatable bonds is 25. The molecule has 1 aromatic heterocycles. The Kier molecular flexibility index (Phi) is 19.1. The van der Waals surface area contributed by atoms with E-state index < -0.39 is 104 Å². The lowest BCUT2D eigenvalue weighted by molar-refractivity contribution is -0.450. The van der Waals surface area contributed by atoms with Crippen molar-refractivity contribution >= 4 is 49.9 Å². The molecule has 0 aromatic carbocycles. The van der Waals surface area contributed by atoms with Crippen LogP contribution in [0.15, 0.2) is 37.2 Å². The molecule has 0 N–H and O–H groups in total. The summed E-state index contributed by atoms with van der Waals surface area (Å²) in [7, 11) is -7.92. The van der Waals surface area contributed by atoms with Gasteiger partial charge in [-0.1, -0.05) is 86.9 Å². The van der Waals surface area contributed by atoms with Gasteiger partial charge in [-0.3, -0.25) is 0 Å². The molecule has 0 bridgehead atoms. The number of ether oxygens (including phenoxy) is 1. The zero-order valence-electron chi connectivity index (χ0n) is 36.8. The van der Waals surface area contributed by atoms with Gasteiger partial charge in [-0.15, -0.1) is 26.3 Å². The van der Waals surface area contributed by atoms with Crippen molar-refractivity contribution in [1.82, 2.24) is 13.7 Å². The van der Waals surface area contributed by atoms with E-state index in [1.54, 1.807) is 26.2 Å². The van der Waals surface area contributed by atoms with Crippen LogP contribution in [0.3, 0.4) is 0 Å². The summed E-state index contributed by atoms with van der Waals surface area (Å²) in [5.74, 6) is -5.57. The Labute approximate surface area is 348 Å². The Morgan fingerprint density at radius 3 is 1.05 bits per heavy atom. The van der Waals surface area contributed by atoms with E-state index in [2.05, 4.69) is 17.9 Å². The molecule has 26 heteroatoms. The highest BCUT2D eigenvalue weighted by atomic mass is 28.4. The predicted molar refractivity (Wildman–Crippen MR) is 226 cm³/mol. The fourth-order valence-corrected chi connectivity index (χ4v) is 32.6. The fraction of sp³-hybridized carbons (Fsp3) is 0.788. The number of hydrogen-bond donors (Lipinski definition) is 0. The van der Waals surface area contributed by atoms with E-state index in [0.717, 1.165) is 9.64 Å². The van der Waals surface area contributed by atoms with Crippen LogP contribution in [-0.4, -0.2) is 125 Å². The summed E-state index contributed by atoms with van der Waals surface area (Å²) in [6.07, 6.45) is -12.2. The first-order valence-corrected chi connectivity index (χ1v) is 35.4. The second-order valence-corrected chi connectivity index (χ2v) is 43.5. The van der Waals surface area contributed by atoms with Crippen LogP contribution in [0.4, 0.5) is 30.7 Å². The first-order valence-electron chi connectivity index (χ1n) is 18.7. The molecule has 0 spiro atoms. The summed E-state index contributed by atoms with van der Waals surface area (Å²) in [4.78, 5) is 43.8. The molecular formula is C33H64F7N3O10Si6. The summed E-state index contributed by atoms with van der Waals surface area (Å²) in [5, 5.41) is 0. The van der Waals surface area contributed by atoms with Gasteiger partial charge in [-0.2, -0.15) is 17.6 Å². The highest BCUT2D eigenvalue weighted by Crippen LogP contribution is 2.41. The largest absolute Gasteiger partial charge is 0.525 e. The molecule has 1 heterocycles. The fourth-order valence-electron chi connectivity index (χ4n) is 7.38. The summed E-state index contributed by atoms with van der Waals surface area (Å²) in [5.41, 5.74) is -4.63. The van der Waals surface area contributed by atoms with Crippen LogP contribution in [0.2, 0.25) is 76.6 Å². The highest BCUT2D eigenvalue weighted by Gasteiger charge is 2.63. The first-order chi connectivity index (χ1) is 26.6. The summed E-state index contributed by atoms with van der Waals surface area (Å²) >= 11 is 0. The Morgan fingerprint density at radius 1 is 0.508 bits per heavy atom. The zero-order valence-corrected chi connectivity index (χ0v) is 42.8. The van der Waals surface area contributed by atoms with Crippen molar-refractivity contribution in [2.75, 3.05) is 42.7 Å². The average molecular weight is 964 g/mol. The van der Waals surface area contributed by atoms with Crippen LogP contribution in [0.5, 0.6) is 0 Å². The maximum absolute atomic E-state index is 15.5. The lowest BCUT2D eigenvalue weighted by Gasteiger charge is -2.37. The molecule has 0 aliphatic carbocycles. The molecule has 0 aliphatic heterocycles. The Morgan fingerprint density at radius 2 is 0.797 bits per heavy atom. The number of halogens is 7. The van der Waals surface area contributed by atoms with Crippen molar-refractivity contribution in [3.8, 4) is 0 Å². The number of hydrogen-bond acceptors (Lipinski definition) is 10. The third kappa shape index (κ3) is 13.7. The van der Waals surface area contributed by atoms with Crippen molar-refractivity contribution < 1.29 is 62.0 Å². The SMILES string of the molecule is C=C([Si](C)(C)CCC[Si](OC)(OC)OC)[Si](C)(C)Cn1c(=O)n(CC(F)(OC(F)(F)F)C(F)(F)F)c(=O)n(C[Si](C)(C)C(=C)[Si](C)(C)CCC[Si](OC)(OC)OC)c1=O. The minimum Gasteiger partial charge on any atom is -0.377 e. The topological polar surface area (TPSA) is 131 Å². The molecule has 59 heavy (non-hydrogen) atoms. The normalized spacial score (nSPS) is 15.1. The van der Waals surface area contributed by atoms with E-state index >= 15 is 4.39 Å². The molecule has 344 valence electrons. The Balaban J connectivity index is 3.94. The van der Waals surface area contributed by atoms with Crippen LogP contribution in [0.25, 0.3) is 0 Å². The predicted octanol–water partition coefficient (Wildman–Crippen LogP) is 6.65. The molecule has 0 saturated carbocycles. The van der Waals surface area contributed by atoms with Crippen molar-refractivity contribution in [2.45, 2.75) is 127 Å². The summed E-state index contributed by atoms with van der Waals surface area (Å²) in [6.45, 7) is 21.4. The lowest BCUT2D eigenvalue weighted by Crippen LogP contribution is -2.63. The molecule has 13 nitrogen and oxygen atoms in total. The molecule has 0 saturated heterocycles. The number of nitrogens with zero attached hydrogens (tertiary/aromatic N) is 3. The summed E-state index contributed by atoms with van der Waals surface area (Å²) < 4.78 is 134. The number of aromatic nitrogens is 3. The third-order valence-corrected chi connectivity index (χ3v) is 37.0. The minimum absolute atomic E-state index is 0.332. The van der Waals surface area contributed by atoms with Gasteiger partial charge in [0, 0.05) is 67.1 Å². The van der Waals surface area contributed by atoms with E-state index in [1.807, 2.05) is 26.2 Å². The van der Waals surface area contributed by atoms with Gasteiger partial charge in [0.05, 0.1) is 32.3 Å². The van der Waals surface area contributed by atoms with Gasteiger partial charge in [0.15, 0.2) is 0 Å². The van der Waals surface area contributed by atoms with Crippen LogP contribution in [0.1, 0.15) is 12.8 Å². The van der Waals surface area contributed by atoms with Gasteiger partial charge in [-0.25, -0.2) is 32.8 Å². The number of alkyl halides is 7. The van der Waals surface area contributed by atoms with E-state index in [-0.39, 0.29) is 4.57 Å². The monoisotopic (exact) mass is 963 g/mol. The maximum atomic E-state index is 15.5. The van der Waals surface area contributed by atoms with Crippen molar-refractivity contribution in [2.24, 2.45) is 0 Å². The zero-order chi connectivity index (χ0) is 46.4. The van der Waals surface area contributed by atoms with Crippen LogP contribution < -0.4 is 17.1 Å². The first kappa shape index (κ1) is 55.4.